The molecule has 0 unspecified atom stereocenters. The minimum atomic E-state index is 0.505. The second kappa shape index (κ2) is 7.09. The van der Waals surface area contributed by atoms with Crippen molar-refractivity contribution in [2.24, 2.45) is 5.41 Å². The fourth-order valence-electron chi connectivity index (χ4n) is 4.73. The van der Waals surface area contributed by atoms with Crippen LogP contribution in [0.15, 0.2) is 43.0 Å². The van der Waals surface area contributed by atoms with Crippen LogP contribution < -0.4 is 4.90 Å². The molecule has 2 saturated heterocycles. The van der Waals surface area contributed by atoms with Gasteiger partial charge in [-0.15, -0.1) is 0 Å². The van der Waals surface area contributed by atoms with Crippen molar-refractivity contribution in [3.05, 3.63) is 43.0 Å². The first-order chi connectivity index (χ1) is 13.8. The molecule has 0 aromatic carbocycles. The van der Waals surface area contributed by atoms with Crippen LogP contribution in [0.4, 0.5) is 5.82 Å². The molecule has 0 radical (unpaired) electrons. The SMILES string of the molecule is CCN1CCC2(CCN(c3nc(-c4ccncc4)nc4cnccc34)CC2)C1. The summed E-state index contributed by atoms with van der Waals surface area (Å²) in [6.07, 6.45) is 11.1. The van der Waals surface area contributed by atoms with Gasteiger partial charge in [0.1, 0.15) is 5.82 Å². The van der Waals surface area contributed by atoms with E-state index < -0.39 is 0 Å². The monoisotopic (exact) mass is 374 g/mol. The Morgan fingerprint density at radius 1 is 0.929 bits per heavy atom. The van der Waals surface area contributed by atoms with Gasteiger partial charge in [-0.25, -0.2) is 9.97 Å². The number of nitrogens with zero attached hydrogens (tertiary/aromatic N) is 6. The Kier molecular flexibility index (Phi) is 4.43. The smallest absolute Gasteiger partial charge is 0.162 e. The number of hydrogen-bond donors (Lipinski definition) is 0. The van der Waals surface area contributed by atoms with Crippen LogP contribution in [0, 0.1) is 5.41 Å². The van der Waals surface area contributed by atoms with Gasteiger partial charge in [0.25, 0.3) is 0 Å². The average molecular weight is 374 g/mol. The van der Waals surface area contributed by atoms with Crippen LogP contribution in [0.2, 0.25) is 0 Å². The van der Waals surface area contributed by atoms with Gasteiger partial charge in [0.2, 0.25) is 0 Å². The van der Waals surface area contributed by atoms with Crippen LogP contribution in [0.3, 0.4) is 0 Å². The molecule has 5 rings (SSSR count). The standard InChI is InChI=1S/C22H26N6/c1-2-27-12-6-22(16-27)7-13-28(14-8-22)21-18-5-11-24-15-19(18)25-20(26-21)17-3-9-23-10-4-17/h3-5,9-11,15H,2,6-8,12-14,16H2,1H3. The number of anilines is 1. The minimum Gasteiger partial charge on any atom is -0.356 e. The molecule has 2 aliphatic heterocycles. The average Bonchev–Trinajstić information content (AvgIpc) is 3.17. The lowest BCUT2D eigenvalue weighted by molar-refractivity contribution is 0.212. The largest absolute Gasteiger partial charge is 0.356 e. The van der Waals surface area contributed by atoms with E-state index in [9.17, 15) is 0 Å². The van der Waals surface area contributed by atoms with Crippen molar-refractivity contribution in [1.29, 1.82) is 0 Å². The highest BCUT2D eigenvalue weighted by Gasteiger charge is 2.40. The van der Waals surface area contributed by atoms with Crippen molar-refractivity contribution >= 4 is 16.7 Å². The fraction of sp³-hybridized carbons (Fsp3) is 0.455. The molecule has 6 nitrogen and oxygen atoms in total. The zero-order valence-electron chi connectivity index (χ0n) is 16.4. The maximum absolute atomic E-state index is 4.99. The summed E-state index contributed by atoms with van der Waals surface area (Å²) < 4.78 is 0. The Hall–Kier alpha value is -2.60. The number of piperidine rings is 1. The van der Waals surface area contributed by atoms with Crippen LogP contribution in [0.25, 0.3) is 22.3 Å². The van der Waals surface area contributed by atoms with E-state index >= 15 is 0 Å². The first-order valence-electron chi connectivity index (χ1n) is 10.3. The number of rotatable bonds is 3. The molecule has 3 aromatic heterocycles. The molecule has 144 valence electrons. The number of pyridine rings is 2. The van der Waals surface area contributed by atoms with Gasteiger partial charge in [-0.05, 0) is 56.0 Å². The van der Waals surface area contributed by atoms with E-state index in [0.29, 0.717) is 5.41 Å². The molecule has 0 bridgehead atoms. The van der Waals surface area contributed by atoms with Gasteiger partial charge in [0.05, 0.1) is 11.7 Å². The zero-order chi connectivity index (χ0) is 19.0. The molecule has 28 heavy (non-hydrogen) atoms. The predicted molar refractivity (Wildman–Crippen MR) is 111 cm³/mol. The lowest BCUT2D eigenvalue weighted by Gasteiger charge is -2.40. The lowest BCUT2D eigenvalue weighted by atomic mass is 9.78. The fourth-order valence-corrected chi connectivity index (χ4v) is 4.73. The summed E-state index contributed by atoms with van der Waals surface area (Å²) in [6, 6.07) is 5.97. The van der Waals surface area contributed by atoms with E-state index in [1.165, 1.54) is 38.9 Å². The normalized spacial score (nSPS) is 19.5. The van der Waals surface area contributed by atoms with Crippen molar-refractivity contribution in [2.45, 2.75) is 26.2 Å². The summed E-state index contributed by atoms with van der Waals surface area (Å²) in [5.41, 5.74) is 2.40. The number of likely N-dealkylation sites (tertiary alicyclic amines) is 1. The molecular formula is C22H26N6. The first kappa shape index (κ1) is 17.5. The van der Waals surface area contributed by atoms with Crippen LogP contribution >= 0.6 is 0 Å². The molecule has 5 heterocycles. The van der Waals surface area contributed by atoms with E-state index in [2.05, 4.69) is 26.7 Å². The number of hydrogen-bond acceptors (Lipinski definition) is 6. The quantitative estimate of drug-likeness (QED) is 0.700. The molecule has 6 heteroatoms. The van der Waals surface area contributed by atoms with Gasteiger partial charge in [-0.1, -0.05) is 6.92 Å². The van der Waals surface area contributed by atoms with Crippen molar-refractivity contribution in [1.82, 2.24) is 24.8 Å². The molecule has 0 saturated carbocycles. The second-order valence-electron chi connectivity index (χ2n) is 8.11. The topological polar surface area (TPSA) is 58.0 Å². The van der Waals surface area contributed by atoms with Gasteiger partial charge in [0, 0.05) is 49.2 Å². The van der Waals surface area contributed by atoms with Crippen LogP contribution in [0.5, 0.6) is 0 Å². The molecule has 0 amide bonds. The van der Waals surface area contributed by atoms with Crippen molar-refractivity contribution in [3.8, 4) is 11.4 Å². The van der Waals surface area contributed by atoms with E-state index in [4.69, 9.17) is 9.97 Å². The summed E-state index contributed by atoms with van der Waals surface area (Å²) >= 11 is 0. The minimum absolute atomic E-state index is 0.505. The van der Waals surface area contributed by atoms with Gasteiger partial charge in [-0.2, -0.15) is 0 Å². The number of fused-ring (bicyclic) bond motifs is 1. The molecule has 0 N–H and O–H groups in total. The predicted octanol–water partition coefficient (Wildman–Crippen LogP) is 3.40. The van der Waals surface area contributed by atoms with E-state index in [1.807, 2.05) is 30.6 Å². The van der Waals surface area contributed by atoms with Crippen molar-refractivity contribution in [2.75, 3.05) is 37.6 Å². The van der Waals surface area contributed by atoms with Crippen molar-refractivity contribution < 1.29 is 0 Å². The molecule has 1 spiro atoms. The van der Waals surface area contributed by atoms with E-state index in [-0.39, 0.29) is 0 Å². The third kappa shape index (κ3) is 3.11. The Balaban J connectivity index is 1.47. The zero-order valence-corrected chi connectivity index (χ0v) is 16.4. The van der Waals surface area contributed by atoms with Crippen LogP contribution in [0.1, 0.15) is 26.2 Å². The van der Waals surface area contributed by atoms with E-state index in [1.54, 1.807) is 12.4 Å². The van der Waals surface area contributed by atoms with Gasteiger partial charge < -0.3 is 9.80 Å². The highest BCUT2D eigenvalue weighted by molar-refractivity contribution is 5.90. The van der Waals surface area contributed by atoms with E-state index in [0.717, 1.165) is 41.2 Å². The maximum Gasteiger partial charge on any atom is 0.162 e. The summed E-state index contributed by atoms with van der Waals surface area (Å²) in [7, 11) is 0. The molecule has 0 atom stereocenters. The van der Waals surface area contributed by atoms with Gasteiger partial charge >= 0.3 is 0 Å². The second-order valence-corrected chi connectivity index (χ2v) is 8.11. The molecule has 0 aliphatic carbocycles. The highest BCUT2D eigenvalue weighted by atomic mass is 15.2. The summed E-state index contributed by atoms with van der Waals surface area (Å²) in [5.74, 6) is 1.79. The molecular weight excluding hydrogens is 348 g/mol. The summed E-state index contributed by atoms with van der Waals surface area (Å²) in [5, 5.41) is 1.09. The van der Waals surface area contributed by atoms with Crippen molar-refractivity contribution in [3.63, 3.8) is 0 Å². The third-order valence-electron chi connectivity index (χ3n) is 6.51. The number of aromatic nitrogens is 4. The Labute approximate surface area is 165 Å². The summed E-state index contributed by atoms with van der Waals surface area (Å²) in [4.78, 5) is 23.2. The lowest BCUT2D eigenvalue weighted by Crippen LogP contribution is -2.42. The van der Waals surface area contributed by atoms with Crippen LogP contribution in [-0.4, -0.2) is 57.6 Å². The highest BCUT2D eigenvalue weighted by Crippen LogP contribution is 2.41. The Morgan fingerprint density at radius 3 is 2.43 bits per heavy atom. The molecule has 3 aromatic rings. The molecule has 2 aliphatic rings. The van der Waals surface area contributed by atoms with Gasteiger partial charge in [0.15, 0.2) is 5.82 Å². The summed E-state index contributed by atoms with van der Waals surface area (Å²) in [6.45, 7) is 8.07. The third-order valence-corrected chi connectivity index (χ3v) is 6.51. The Bertz CT molecular complexity index is 965. The first-order valence-corrected chi connectivity index (χ1v) is 10.3. The van der Waals surface area contributed by atoms with Crippen LogP contribution in [-0.2, 0) is 0 Å². The maximum atomic E-state index is 4.99. The molecule has 2 fully saturated rings. The van der Waals surface area contributed by atoms with Gasteiger partial charge in [-0.3, -0.25) is 9.97 Å². The Morgan fingerprint density at radius 2 is 1.68 bits per heavy atom.